The van der Waals surface area contributed by atoms with Crippen molar-refractivity contribution in [3.05, 3.63) is 126 Å². The molecule has 11 rings (SSSR count). The standard InChI is InChI=1S/C63H92BrN17O31P4S4/c1-31(2)33-20-45(77-11-6-42(66)71-60(77)87)104-38(33)26-103-116(120,99-19-18-98-17-16-97-15-10-69-44(83)8-13-96-14-9-65)110-36-22-46(79-23-32(3)54(84)75-62(79)89)105-40(36)28-100-113(91,117)109-35-21-47(81-30-70-48-53(81)73-59(68)74-56(48)86)106-39(35)27-101-114(92,118)112-50-41(108-57(52(50)95-5)78-12-7-43(67)72-61(78)88)29-102-115(93,119)111-49-37(25-82)107-58(51(49)94-4)80-24-34(64)55(85)76-63(80)90/h6-7,11-12,23-24,30-31,33,35-41,45-47,49-52,57-58,82H,8-10,13-22,25-29,65H2,1-5H3,(H,69,83)(H,91,117)(H,92,118)(H,93,119)(H2,66,71,87)(H2,67,72,88)(H,75,84,89)(H,76,85,90)(H3,68,73,74,86)/p-3/t33-,35+,36+,37+,38+,39+,40+,41+,45+,46+,47+,49-,50-,51?,52?,57+,58+,113?,114?,115?,116?/m0/s1. The highest BCUT2D eigenvalue weighted by atomic mass is 79.9. The molecule has 0 aromatic carbocycles. The number of ether oxygens (including phenoxy) is 10. The van der Waals surface area contributed by atoms with E-state index >= 15 is 4.89 Å². The van der Waals surface area contributed by atoms with E-state index in [0.717, 1.165) is 27.0 Å². The number of aromatic nitrogens is 12. The molecule has 6 aromatic heterocycles. The van der Waals surface area contributed by atoms with Crippen molar-refractivity contribution in [2.45, 2.75) is 145 Å². The zero-order chi connectivity index (χ0) is 86.7. The van der Waals surface area contributed by atoms with E-state index < -0.39 is 191 Å². The van der Waals surface area contributed by atoms with Crippen LogP contribution in [0.1, 0.15) is 76.2 Å². The molecule has 13 N–H and O–H groups in total. The Bertz CT molecular complexity index is 5210. The second kappa shape index (κ2) is 42.2. The largest absolute Gasteiger partial charge is 0.780 e. The highest BCUT2D eigenvalue weighted by molar-refractivity contribution is 9.10. The van der Waals surface area contributed by atoms with E-state index in [0.29, 0.717) is 19.6 Å². The number of fused-ring (bicyclic) bond motifs is 1. The predicted molar refractivity (Wildman–Crippen MR) is 430 cm³/mol. The fourth-order valence-electron chi connectivity index (χ4n) is 13.5. The molecule has 0 spiro atoms. The number of aliphatic hydroxyl groups excluding tert-OH is 1. The predicted octanol–water partition coefficient (Wildman–Crippen LogP) is -2.31. The van der Waals surface area contributed by atoms with Gasteiger partial charge in [0.25, 0.3) is 16.7 Å². The van der Waals surface area contributed by atoms with Gasteiger partial charge in [-0.2, -0.15) is 15.0 Å². The smallest absolute Gasteiger partial charge is 0.351 e. The zero-order valence-corrected chi connectivity index (χ0v) is 72.9. The molecule has 1 amide bonds. The van der Waals surface area contributed by atoms with Crippen LogP contribution < -0.4 is 77.5 Å². The van der Waals surface area contributed by atoms with E-state index in [9.17, 15) is 52.9 Å². The molecule has 5 aliphatic rings. The van der Waals surface area contributed by atoms with E-state index in [1.54, 1.807) is 0 Å². The molecule has 48 nitrogen and oxygen atoms in total. The molecule has 21 atom stereocenters. The SMILES string of the molecule is COC1[C@@H](OP(=O)([S-])OC[C@H]2O[C@@H](n3cnc4c(=O)[nH]c(N)nc43)C[C@H]2OP([O-])(=S)OC[C@H]2O[C@@H](n3cc(C)c(=O)[nH]c3=O)C[C@H]2OP(=S)(OCCOCCOCCNC(=O)CCOCCN)OC[C@H]2O[C@@H](n3ccc(N)nc3=O)C[C@H]2C(C)C)[C@@H](COP([O-])(=S)O[C@@H]2C(OC)[C@H](n3cc(Br)c(=O)[nH]c3=O)O[C@@H]2CO)O[C@H]1n1ccc(N)nc1=O. The van der Waals surface area contributed by atoms with Crippen molar-refractivity contribution in [1.29, 1.82) is 0 Å². The summed E-state index contributed by atoms with van der Waals surface area (Å²) in [5, 5.41) is 13.1. The number of hydrogen-bond donors (Lipinski definition) is 9. The number of nitrogens with zero attached hydrogens (tertiary/aromatic N) is 9. The third-order valence-corrected chi connectivity index (χ3v) is 26.9. The lowest BCUT2D eigenvalue weighted by atomic mass is 9.89. The van der Waals surface area contributed by atoms with Gasteiger partial charge in [-0.1, -0.05) is 37.5 Å². The number of nitrogen functional groups attached to an aromatic ring is 3. The number of aliphatic hydroxyl groups is 1. The summed E-state index contributed by atoms with van der Waals surface area (Å²) >= 11 is 25.7. The van der Waals surface area contributed by atoms with Crippen LogP contribution in [0.4, 0.5) is 17.6 Å². The van der Waals surface area contributed by atoms with E-state index in [1.807, 2.05) is 13.8 Å². The monoisotopic (exact) mass is 1910 g/mol. The molecule has 11 heterocycles. The summed E-state index contributed by atoms with van der Waals surface area (Å²) in [6.45, 7) is -16.3. The molecular formula is C63H89BrN17O31P4S4-3. The summed E-state index contributed by atoms with van der Waals surface area (Å²) in [6.07, 6.45) is -16.1. The van der Waals surface area contributed by atoms with Crippen molar-refractivity contribution < 1.29 is 112 Å². The van der Waals surface area contributed by atoms with Gasteiger partial charge in [0.2, 0.25) is 11.9 Å². The zero-order valence-electron chi connectivity index (χ0n) is 64.5. The topological polar surface area (TPSA) is 635 Å². The summed E-state index contributed by atoms with van der Waals surface area (Å²) in [7, 11) is 2.34. The van der Waals surface area contributed by atoms with Gasteiger partial charge in [-0.25, -0.2) is 24.2 Å². The third kappa shape index (κ3) is 24.4. The van der Waals surface area contributed by atoms with Crippen molar-refractivity contribution in [3.8, 4) is 0 Å². The first-order valence-electron chi connectivity index (χ1n) is 36.9. The Labute approximate surface area is 708 Å². The lowest BCUT2D eigenvalue weighted by molar-refractivity contribution is -0.218. The maximum absolute atomic E-state index is 15.0. The number of rotatable bonds is 44. The van der Waals surface area contributed by atoms with Gasteiger partial charge in [0.05, 0.1) is 108 Å². The first-order valence-corrected chi connectivity index (χ1v) is 47.9. The van der Waals surface area contributed by atoms with Crippen LogP contribution in [-0.2, 0) is 145 Å². The number of hydrogen-bond acceptors (Lipinski definition) is 43. The number of aryl methyl sites for hydroxylation is 1. The number of aromatic amines is 3. The average Bonchev–Trinajstić information content (AvgIpc) is 1.65. The molecule has 0 radical (unpaired) electrons. The van der Waals surface area contributed by atoms with Crippen molar-refractivity contribution >= 4 is 125 Å². The Hall–Kier alpha value is -5.57. The Morgan fingerprint density at radius 3 is 1.83 bits per heavy atom. The number of nitrogens with two attached hydrogens (primary N) is 4. The minimum Gasteiger partial charge on any atom is -0.780 e. The number of methoxy groups -OCH3 is 2. The molecule has 666 valence electrons. The second-order valence-electron chi connectivity index (χ2n) is 27.7. The van der Waals surface area contributed by atoms with Gasteiger partial charge in [0.15, 0.2) is 30.4 Å². The first kappa shape index (κ1) is 95.1. The molecule has 6 unspecified atom stereocenters. The van der Waals surface area contributed by atoms with Gasteiger partial charge in [0, 0.05) is 76.9 Å². The van der Waals surface area contributed by atoms with Gasteiger partial charge < -0.3 is 143 Å². The van der Waals surface area contributed by atoms with Crippen LogP contribution in [0.2, 0.25) is 0 Å². The van der Waals surface area contributed by atoms with Gasteiger partial charge in [-0.05, 0) is 65.0 Å². The average molecular weight is 1910 g/mol. The quantitative estimate of drug-likeness (QED) is 0.0110. The Balaban J connectivity index is 0.820. The Morgan fingerprint density at radius 2 is 1.18 bits per heavy atom. The van der Waals surface area contributed by atoms with Crippen molar-refractivity contribution in [1.82, 2.24) is 63.0 Å². The molecule has 0 aliphatic carbocycles. The van der Waals surface area contributed by atoms with Crippen molar-refractivity contribution in [2.75, 3.05) is 124 Å². The minimum atomic E-state index is -5.05. The molecule has 6 aromatic rings. The molecular weight excluding hydrogens is 1820 g/mol. The van der Waals surface area contributed by atoms with Crippen LogP contribution in [0, 0.1) is 18.8 Å². The second-order valence-corrected chi connectivity index (χ2v) is 39.6. The maximum Gasteiger partial charge on any atom is 0.351 e. The summed E-state index contributed by atoms with van der Waals surface area (Å²) < 4.78 is 135. The van der Waals surface area contributed by atoms with E-state index in [-0.39, 0.29) is 129 Å². The van der Waals surface area contributed by atoms with Crippen LogP contribution >= 0.6 is 42.9 Å². The molecule has 0 saturated carbocycles. The number of anilines is 3. The van der Waals surface area contributed by atoms with Crippen LogP contribution in [0.15, 0.2) is 81.3 Å². The van der Waals surface area contributed by atoms with Crippen molar-refractivity contribution in [2.24, 2.45) is 17.6 Å². The molecule has 5 saturated heterocycles. The summed E-state index contributed by atoms with van der Waals surface area (Å²) in [6, 6.07) is 2.69. The lowest BCUT2D eigenvalue weighted by Gasteiger charge is -2.36. The van der Waals surface area contributed by atoms with Gasteiger partial charge in [-0.3, -0.25) is 61.5 Å². The number of carbonyl (C=O) groups is 1. The minimum absolute atomic E-state index is 0.00255. The van der Waals surface area contributed by atoms with E-state index in [2.05, 4.69) is 56.1 Å². The van der Waals surface area contributed by atoms with Gasteiger partial charge >= 0.3 is 29.5 Å². The molecule has 0 bridgehead atoms. The highest BCUT2D eigenvalue weighted by Gasteiger charge is 2.52. The maximum atomic E-state index is 15.0. The van der Waals surface area contributed by atoms with Crippen LogP contribution in [0.5, 0.6) is 0 Å². The first-order chi connectivity index (χ1) is 57.0. The van der Waals surface area contributed by atoms with Crippen LogP contribution in [-0.4, -0.2) is 242 Å². The number of nitrogens with one attached hydrogen (secondary N) is 4. The number of carbonyl (C=O) groups excluding carboxylic acids is 1. The fraction of sp³-hybridized carbons (Fsp3) is 0.651. The van der Waals surface area contributed by atoms with Crippen molar-refractivity contribution in [3.63, 3.8) is 0 Å². The normalized spacial score (nSPS) is 27.8. The fourth-order valence-corrected chi connectivity index (χ4v) is 20.3. The van der Waals surface area contributed by atoms with Crippen LogP contribution in [0.25, 0.3) is 11.2 Å². The van der Waals surface area contributed by atoms with Crippen LogP contribution in [0.3, 0.4) is 0 Å². The molecule has 57 heteroatoms. The molecule has 120 heavy (non-hydrogen) atoms. The Kier molecular flexibility index (Phi) is 33.4. The Morgan fingerprint density at radius 1 is 0.633 bits per heavy atom. The number of imidazole rings is 1. The van der Waals surface area contributed by atoms with Gasteiger partial charge in [0.1, 0.15) is 92.6 Å². The molecule has 5 aliphatic heterocycles. The highest BCUT2D eigenvalue weighted by Crippen LogP contribution is 2.57. The van der Waals surface area contributed by atoms with E-state index in [1.165, 1.54) is 60.2 Å². The third-order valence-electron chi connectivity index (χ3n) is 19.3. The summed E-state index contributed by atoms with van der Waals surface area (Å²) in [5.41, 5.74) is 17.1. The number of halogens is 1. The number of H-pyrrole nitrogens is 3. The lowest BCUT2D eigenvalue weighted by Crippen LogP contribution is -2.41. The number of amides is 1. The summed E-state index contributed by atoms with van der Waals surface area (Å²) in [4.78, 5) is 155. The van der Waals surface area contributed by atoms with Gasteiger partial charge in [-0.15, -0.1) is 0 Å². The molecule has 5 fully saturated rings. The van der Waals surface area contributed by atoms with E-state index in [4.69, 9.17) is 159 Å². The summed E-state index contributed by atoms with van der Waals surface area (Å²) in [5.74, 6) is -1.06.